The first-order valence-corrected chi connectivity index (χ1v) is 29.8. The smallest absolute Gasteiger partial charge is 0.259 e. The number of rotatable bonds is 25. The molecule has 0 radical (unpaired) electrons. The highest BCUT2D eigenvalue weighted by Crippen LogP contribution is 2.52. The van der Waals surface area contributed by atoms with E-state index in [1.54, 1.807) is 27.5 Å². The molecule has 1 saturated heterocycles. The number of ether oxygens (including phenoxy) is 6. The van der Waals surface area contributed by atoms with Crippen LogP contribution >= 0.6 is 8.53 Å². The SMILES string of the molecule is COc1ccc(C(OC[C@H]2O[C@@H](n3cnc4c(OCC[Si](C)(C)C)ncnc43)[C@H](OCc3ccc(-c4nc(C)no4)cc3)[C@@H]2OP(OCCC#N)N(C(C)C)C(C)C)(c2ccccc2)c2ccc(OC)cc2)cc1. The van der Waals surface area contributed by atoms with Crippen molar-refractivity contribution in [3.05, 3.63) is 144 Å². The fourth-order valence-corrected chi connectivity index (χ4v) is 11.5. The number of fused-ring (bicyclic) bond motifs is 1. The van der Waals surface area contributed by atoms with Crippen molar-refractivity contribution in [2.24, 2.45) is 0 Å². The predicted molar refractivity (Wildman–Crippen MR) is 284 cm³/mol. The van der Waals surface area contributed by atoms with Gasteiger partial charge in [0.1, 0.15) is 41.7 Å². The lowest BCUT2D eigenvalue weighted by Crippen LogP contribution is -2.43. The highest BCUT2D eigenvalue weighted by Gasteiger charge is 2.52. The topological polar surface area (TPSA) is 183 Å². The van der Waals surface area contributed by atoms with Gasteiger partial charge in [0.15, 0.2) is 23.2 Å². The molecule has 0 amide bonds. The minimum atomic E-state index is -1.84. The van der Waals surface area contributed by atoms with Crippen molar-refractivity contribution in [1.82, 2.24) is 34.3 Å². The Kier molecular flexibility index (Phi) is 17.9. The molecule has 0 aliphatic carbocycles. The molecule has 4 heterocycles. The van der Waals surface area contributed by atoms with E-state index in [0.717, 1.165) is 33.9 Å². The van der Waals surface area contributed by atoms with Gasteiger partial charge in [-0.05, 0) is 99.3 Å². The van der Waals surface area contributed by atoms with Crippen molar-refractivity contribution in [3.8, 4) is 34.9 Å². The van der Waals surface area contributed by atoms with Crippen LogP contribution < -0.4 is 14.2 Å². The van der Waals surface area contributed by atoms with Crippen LogP contribution in [0.15, 0.2) is 120 Å². The molecule has 390 valence electrons. The number of hydrogen-bond acceptors (Lipinski definition) is 16. The molecular formula is C55H67N8O9PSi. The first-order chi connectivity index (χ1) is 35.7. The minimum absolute atomic E-state index is 0.000995. The van der Waals surface area contributed by atoms with Crippen LogP contribution in [0.4, 0.5) is 0 Å². The van der Waals surface area contributed by atoms with Crippen LogP contribution in [-0.4, -0.2) is 107 Å². The summed E-state index contributed by atoms with van der Waals surface area (Å²) in [7, 11) is 0.0311. The van der Waals surface area contributed by atoms with Gasteiger partial charge in [-0.1, -0.05) is 91.5 Å². The molecule has 74 heavy (non-hydrogen) atoms. The number of methoxy groups -OCH3 is 2. The third-order valence-corrected chi connectivity index (χ3v) is 16.5. The van der Waals surface area contributed by atoms with Crippen LogP contribution in [0.1, 0.15) is 68.4 Å². The van der Waals surface area contributed by atoms with Crippen molar-refractivity contribution in [2.45, 2.75) is 116 Å². The molecule has 1 fully saturated rings. The van der Waals surface area contributed by atoms with Crippen molar-refractivity contribution < 1.29 is 42.0 Å². The zero-order valence-corrected chi connectivity index (χ0v) is 45.8. The van der Waals surface area contributed by atoms with E-state index in [-0.39, 0.29) is 38.3 Å². The van der Waals surface area contributed by atoms with Gasteiger partial charge in [0, 0.05) is 25.7 Å². The lowest BCUT2D eigenvalue weighted by atomic mass is 9.80. The molecule has 1 aliphatic rings. The van der Waals surface area contributed by atoms with Crippen molar-refractivity contribution in [1.29, 1.82) is 5.26 Å². The molecule has 0 N–H and O–H groups in total. The average Bonchev–Trinajstić information content (AvgIpc) is 4.13. The van der Waals surface area contributed by atoms with E-state index < -0.39 is 46.7 Å². The maximum Gasteiger partial charge on any atom is 0.259 e. The number of imidazole rings is 1. The minimum Gasteiger partial charge on any atom is -0.497 e. The van der Waals surface area contributed by atoms with Crippen LogP contribution in [0.3, 0.4) is 0 Å². The summed E-state index contributed by atoms with van der Waals surface area (Å²) < 4.78 is 63.2. The van der Waals surface area contributed by atoms with Crippen LogP contribution in [0.5, 0.6) is 17.4 Å². The molecule has 1 aliphatic heterocycles. The first-order valence-electron chi connectivity index (χ1n) is 24.9. The molecule has 17 nitrogen and oxygen atoms in total. The van der Waals surface area contributed by atoms with E-state index in [9.17, 15) is 5.26 Å². The number of hydrogen-bond donors (Lipinski definition) is 0. The standard InChI is InChI=1S/C55H67N8O9PSi/c1-37(2)63(38(3)4)73(69-30-14-29-56)72-49-47(34-68-55(42-15-12-11-13-16-42,43-21-25-45(64-6)26-22-43)44-23-27-46(65-7)28-24-44)70-54(50(49)67-33-40-17-19-41(20-18-40)52-60-39(5)61-71-52)62-36-59-48-51(62)57-35-58-53(48)66-31-32-74(8,9)10/h11-13,15-28,35-38,47,49-50,54H,14,30-34H2,1-10H3/t47-,49-,50-,54-,73?/m1/s1. The second kappa shape index (κ2) is 24.5. The Morgan fingerprint density at radius 1 is 0.811 bits per heavy atom. The van der Waals surface area contributed by atoms with Gasteiger partial charge in [-0.3, -0.25) is 4.57 Å². The average molecular weight is 1040 g/mol. The Morgan fingerprint density at radius 3 is 2.04 bits per heavy atom. The van der Waals surface area contributed by atoms with Crippen LogP contribution in [0.25, 0.3) is 22.6 Å². The first kappa shape index (κ1) is 54.1. The second-order valence-electron chi connectivity index (χ2n) is 19.8. The lowest BCUT2D eigenvalue weighted by Gasteiger charge is -2.39. The number of aryl methyl sites for hydroxylation is 1. The molecule has 0 bridgehead atoms. The highest BCUT2D eigenvalue weighted by molar-refractivity contribution is 7.44. The molecule has 0 spiro atoms. The third-order valence-electron chi connectivity index (χ3n) is 12.7. The second-order valence-corrected chi connectivity index (χ2v) is 26.8. The van der Waals surface area contributed by atoms with E-state index in [0.29, 0.717) is 46.9 Å². The number of aromatic nitrogens is 6. The van der Waals surface area contributed by atoms with E-state index >= 15 is 0 Å². The van der Waals surface area contributed by atoms with Crippen molar-refractivity contribution >= 4 is 27.8 Å². The summed E-state index contributed by atoms with van der Waals surface area (Å²) in [6, 6.07) is 36.9. The summed E-state index contributed by atoms with van der Waals surface area (Å²) in [6.07, 6.45) is -0.0141. The van der Waals surface area contributed by atoms with Gasteiger partial charge in [-0.15, -0.1) is 0 Å². The Balaban J connectivity index is 1.26. The van der Waals surface area contributed by atoms with Crippen LogP contribution in [-0.2, 0) is 35.5 Å². The molecule has 1 unspecified atom stereocenters. The van der Waals surface area contributed by atoms with Gasteiger partial charge < -0.3 is 42.0 Å². The van der Waals surface area contributed by atoms with E-state index in [1.165, 1.54) is 6.33 Å². The van der Waals surface area contributed by atoms with Crippen molar-refractivity contribution in [3.63, 3.8) is 0 Å². The summed E-state index contributed by atoms with van der Waals surface area (Å²) in [4.78, 5) is 18.6. The molecule has 5 atom stereocenters. The van der Waals surface area contributed by atoms with Gasteiger partial charge in [0.25, 0.3) is 14.4 Å². The number of nitrogens with zero attached hydrogens (tertiary/aromatic N) is 8. The summed E-state index contributed by atoms with van der Waals surface area (Å²) >= 11 is 0. The molecule has 19 heteroatoms. The molecule has 4 aromatic carbocycles. The van der Waals surface area contributed by atoms with Gasteiger partial charge in [-0.25, -0.2) is 14.6 Å². The van der Waals surface area contributed by atoms with E-state index in [1.807, 2.05) is 95.6 Å². The fraction of sp³-hybridized carbons (Fsp3) is 0.418. The van der Waals surface area contributed by atoms with Crippen LogP contribution in [0, 0.1) is 18.3 Å². The largest absolute Gasteiger partial charge is 0.497 e. The lowest BCUT2D eigenvalue weighted by molar-refractivity contribution is -0.0963. The van der Waals surface area contributed by atoms with Gasteiger partial charge in [0.2, 0.25) is 5.88 Å². The number of benzene rings is 4. The highest BCUT2D eigenvalue weighted by atomic mass is 31.2. The molecule has 7 aromatic rings. The van der Waals surface area contributed by atoms with Gasteiger partial charge >= 0.3 is 0 Å². The molecular weight excluding hydrogens is 976 g/mol. The zero-order valence-electron chi connectivity index (χ0n) is 43.9. The van der Waals surface area contributed by atoms with E-state index in [2.05, 4.69) is 85.3 Å². The quantitative estimate of drug-likeness (QED) is 0.0228. The maximum atomic E-state index is 9.70. The van der Waals surface area contributed by atoms with Gasteiger partial charge in [0.05, 0.1) is 59.5 Å². The molecule has 3 aromatic heterocycles. The molecule has 8 rings (SSSR count). The summed E-state index contributed by atoms with van der Waals surface area (Å²) in [5.41, 5.74) is 4.01. The van der Waals surface area contributed by atoms with Crippen molar-refractivity contribution in [2.75, 3.05) is 34.0 Å². The Hall–Kier alpha value is -6.13. The maximum absolute atomic E-state index is 9.70. The molecule has 0 saturated carbocycles. The zero-order chi connectivity index (χ0) is 52.4. The monoisotopic (exact) mass is 1040 g/mol. The third kappa shape index (κ3) is 12.5. The van der Waals surface area contributed by atoms with Crippen LogP contribution in [0.2, 0.25) is 25.7 Å². The fourth-order valence-electron chi connectivity index (χ4n) is 8.98. The van der Waals surface area contributed by atoms with E-state index in [4.69, 9.17) is 52.0 Å². The van der Waals surface area contributed by atoms with Gasteiger partial charge in [-0.2, -0.15) is 15.2 Å². The Bertz CT molecular complexity index is 2860. The summed E-state index contributed by atoms with van der Waals surface area (Å²) in [5.74, 6) is 2.76. The Labute approximate surface area is 436 Å². The Morgan fingerprint density at radius 2 is 1.46 bits per heavy atom. The normalized spacial score (nSPS) is 17.6. The summed E-state index contributed by atoms with van der Waals surface area (Å²) in [5, 5.41) is 13.7. The predicted octanol–water partition coefficient (Wildman–Crippen LogP) is 11.1. The summed E-state index contributed by atoms with van der Waals surface area (Å²) in [6.45, 7) is 17.9. The number of nitriles is 1.